The average molecular weight is 281 g/mol. The number of hydrogen-bond donors (Lipinski definition) is 1. The molecule has 1 aliphatic heterocycles. The summed E-state index contributed by atoms with van der Waals surface area (Å²) in [6.45, 7) is 1.39. The third kappa shape index (κ3) is 2.08. The van der Waals surface area contributed by atoms with E-state index < -0.39 is 0 Å². The number of carbonyl (C=O) groups is 1. The summed E-state index contributed by atoms with van der Waals surface area (Å²) in [5.41, 5.74) is 1.63. The number of amides is 1. The predicted molar refractivity (Wildman–Crippen MR) is 77.9 cm³/mol. The molecule has 0 unspecified atom stereocenters. The Labute approximate surface area is 121 Å². The summed E-state index contributed by atoms with van der Waals surface area (Å²) < 4.78 is 0. The second-order valence-corrected chi connectivity index (χ2v) is 5.31. The second-order valence-electron chi connectivity index (χ2n) is 5.31. The summed E-state index contributed by atoms with van der Waals surface area (Å²) in [5, 5.41) is 9.38. The van der Waals surface area contributed by atoms with E-state index in [1.54, 1.807) is 17.2 Å². The minimum absolute atomic E-state index is 0.0425. The molecule has 3 heterocycles. The molecule has 6 heteroatoms. The quantitative estimate of drug-likeness (QED) is 0.779. The molecule has 0 saturated carbocycles. The van der Waals surface area contributed by atoms with E-state index in [4.69, 9.17) is 0 Å². The fourth-order valence-corrected chi connectivity index (χ4v) is 2.89. The van der Waals surface area contributed by atoms with Crippen molar-refractivity contribution in [1.29, 1.82) is 0 Å². The first kappa shape index (κ1) is 12.1. The number of fused-ring (bicyclic) bond motifs is 1. The van der Waals surface area contributed by atoms with E-state index in [9.17, 15) is 4.79 Å². The van der Waals surface area contributed by atoms with E-state index in [1.165, 1.54) is 0 Å². The molecule has 2 aromatic heterocycles. The highest BCUT2D eigenvalue weighted by molar-refractivity contribution is 5.98. The summed E-state index contributed by atoms with van der Waals surface area (Å²) in [7, 11) is 0. The largest absolute Gasteiger partial charge is 0.351 e. The van der Waals surface area contributed by atoms with Crippen molar-refractivity contribution < 1.29 is 4.79 Å². The first-order chi connectivity index (χ1) is 10.3. The Balaban J connectivity index is 1.55. The van der Waals surface area contributed by atoms with Crippen LogP contribution in [0.5, 0.6) is 0 Å². The van der Waals surface area contributed by atoms with Crippen LogP contribution in [0.1, 0.15) is 23.0 Å². The van der Waals surface area contributed by atoms with Gasteiger partial charge in [0, 0.05) is 24.0 Å². The number of hydrogen-bond acceptors (Lipinski definition) is 3. The van der Waals surface area contributed by atoms with E-state index in [0.717, 1.165) is 23.9 Å². The number of benzene rings is 1. The van der Waals surface area contributed by atoms with Crippen molar-refractivity contribution in [3.63, 3.8) is 0 Å². The zero-order valence-corrected chi connectivity index (χ0v) is 11.4. The number of H-pyrrole nitrogens is 1. The minimum Gasteiger partial charge on any atom is -0.351 e. The second kappa shape index (κ2) is 4.73. The van der Waals surface area contributed by atoms with Crippen LogP contribution in [0.4, 0.5) is 0 Å². The predicted octanol–water partition coefficient (Wildman–Crippen LogP) is 1.85. The van der Waals surface area contributed by atoms with Crippen molar-refractivity contribution in [1.82, 2.24) is 24.9 Å². The zero-order chi connectivity index (χ0) is 14.2. The smallest absolute Gasteiger partial charge is 0.270 e. The van der Waals surface area contributed by atoms with Gasteiger partial charge in [0.15, 0.2) is 0 Å². The summed E-state index contributed by atoms with van der Waals surface area (Å²) >= 11 is 0. The fraction of sp³-hybridized carbons (Fsp3) is 0.267. The molecule has 1 aliphatic rings. The van der Waals surface area contributed by atoms with E-state index in [-0.39, 0.29) is 11.9 Å². The average Bonchev–Trinajstić information content (AvgIpc) is 3.24. The van der Waals surface area contributed by atoms with Gasteiger partial charge in [-0.2, -0.15) is 15.0 Å². The molecule has 21 heavy (non-hydrogen) atoms. The van der Waals surface area contributed by atoms with Gasteiger partial charge in [-0.1, -0.05) is 18.2 Å². The molecule has 1 saturated heterocycles. The van der Waals surface area contributed by atoms with Gasteiger partial charge in [-0.15, -0.1) is 0 Å². The number of para-hydroxylation sites is 1. The molecule has 3 aromatic rings. The highest BCUT2D eigenvalue weighted by Crippen LogP contribution is 2.23. The molecule has 0 aliphatic carbocycles. The van der Waals surface area contributed by atoms with Crippen molar-refractivity contribution in [2.24, 2.45) is 0 Å². The molecular formula is C15H15N5O. The van der Waals surface area contributed by atoms with Crippen molar-refractivity contribution in [3.8, 4) is 0 Å². The molecule has 1 amide bonds. The van der Waals surface area contributed by atoms with Gasteiger partial charge < -0.3 is 9.88 Å². The van der Waals surface area contributed by atoms with Gasteiger partial charge in [0.2, 0.25) is 0 Å². The monoisotopic (exact) mass is 281 g/mol. The lowest BCUT2D eigenvalue weighted by molar-refractivity contribution is 0.0781. The zero-order valence-electron chi connectivity index (χ0n) is 11.4. The van der Waals surface area contributed by atoms with Gasteiger partial charge in [0.25, 0.3) is 5.91 Å². The number of likely N-dealkylation sites (tertiary alicyclic amines) is 1. The lowest BCUT2D eigenvalue weighted by Crippen LogP contribution is -2.29. The van der Waals surface area contributed by atoms with Gasteiger partial charge in [0.1, 0.15) is 5.69 Å². The third-order valence-corrected chi connectivity index (χ3v) is 3.97. The van der Waals surface area contributed by atoms with Crippen LogP contribution in [0, 0.1) is 0 Å². The van der Waals surface area contributed by atoms with Gasteiger partial charge in [-0.25, -0.2) is 0 Å². The summed E-state index contributed by atoms with van der Waals surface area (Å²) in [6, 6.07) is 10.0. The third-order valence-electron chi connectivity index (χ3n) is 3.97. The minimum atomic E-state index is 0.0425. The number of rotatable bonds is 2. The van der Waals surface area contributed by atoms with Gasteiger partial charge in [-0.3, -0.25) is 4.79 Å². The van der Waals surface area contributed by atoms with E-state index in [0.29, 0.717) is 12.2 Å². The lowest BCUT2D eigenvalue weighted by atomic mass is 10.2. The Morgan fingerprint density at radius 3 is 2.86 bits per heavy atom. The molecule has 106 valence electrons. The van der Waals surface area contributed by atoms with Crippen LogP contribution in [-0.2, 0) is 0 Å². The molecule has 6 nitrogen and oxygen atoms in total. The summed E-state index contributed by atoms with van der Waals surface area (Å²) in [4.78, 5) is 19.3. The van der Waals surface area contributed by atoms with Crippen molar-refractivity contribution in [3.05, 3.63) is 48.4 Å². The molecule has 0 radical (unpaired) electrons. The van der Waals surface area contributed by atoms with Crippen LogP contribution in [0.25, 0.3) is 10.9 Å². The van der Waals surface area contributed by atoms with Crippen LogP contribution < -0.4 is 0 Å². The Kier molecular flexibility index (Phi) is 2.73. The molecule has 0 bridgehead atoms. The number of aromatic amines is 1. The molecular weight excluding hydrogens is 266 g/mol. The molecule has 1 aromatic carbocycles. The SMILES string of the molecule is O=C(c1cc2ccccc2[nH]1)N1CC[C@@H](n2nccn2)C1. The fourth-order valence-electron chi connectivity index (χ4n) is 2.89. The van der Waals surface area contributed by atoms with Crippen LogP contribution in [-0.4, -0.2) is 43.9 Å². The molecule has 1 atom stereocenters. The first-order valence-electron chi connectivity index (χ1n) is 7.04. The van der Waals surface area contributed by atoms with Gasteiger partial charge in [-0.05, 0) is 18.6 Å². The van der Waals surface area contributed by atoms with Crippen molar-refractivity contribution >= 4 is 16.8 Å². The molecule has 0 spiro atoms. The summed E-state index contributed by atoms with van der Waals surface area (Å²) in [5.74, 6) is 0.0425. The number of nitrogens with zero attached hydrogens (tertiary/aromatic N) is 4. The molecule has 1 fully saturated rings. The van der Waals surface area contributed by atoms with Crippen molar-refractivity contribution in [2.45, 2.75) is 12.5 Å². The molecule has 1 N–H and O–H groups in total. The standard InChI is InChI=1S/C15H15N5O/c21-15(14-9-11-3-1-2-4-13(11)18-14)19-8-5-12(10-19)20-16-6-7-17-20/h1-4,6-7,9,12,18H,5,8,10H2/t12-/m1/s1. The maximum atomic E-state index is 12.6. The number of aromatic nitrogens is 4. The normalized spacial score (nSPS) is 18.5. The van der Waals surface area contributed by atoms with E-state index in [2.05, 4.69) is 15.2 Å². The highest BCUT2D eigenvalue weighted by atomic mass is 16.2. The van der Waals surface area contributed by atoms with Crippen LogP contribution in [0.3, 0.4) is 0 Å². The van der Waals surface area contributed by atoms with Crippen LogP contribution >= 0.6 is 0 Å². The van der Waals surface area contributed by atoms with Crippen molar-refractivity contribution in [2.75, 3.05) is 13.1 Å². The Morgan fingerprint density at radius 1 is 1.24 bits per heavy atom. The molecule has 4 rings (SSSR count). The first-order valence-corrected chi connectivity index (χ1v) is 7.04. The number of nitrogens with one attached hydrogen (secondary N) is 1. The van der Waals surface area contributed by atoms with Crippen LogP contribution in [0.15, 0.2) is 42.7 Å². The Hall–Kier alpha value is -2.63. The highest BCUT2D eigenvalue weighted by Gasteiger charge is 2.29. The van der Waals surface area contributed by atoms with Gasteiger partial charge >= 0.3 is 0 Å². The summed E-state index contributed by atoms with van der Waals surface area (Å²) in [6.07, 6.45) is 4.23. The van der Waals surface area contributed by atoms with E-state index >= 15 is 0 Å². The Morgan fingerprint density at radius 2 is 2.05 bits per heavy atom. The lowest BCUT2D eigenvalue weighted by Gasteiger charge is -2.15. The van der Waals surface area contributed by atoms with Gasteiger partial charge in [0.05, 0.1) is 18.4 Å². The maximum Gasteiger partial charge on any atom is 0.270 e. The topological polar surface area (TPSA) is 66.8 Å². The van der Waals surface area contributed by atoms with E-state index in [1.807, 2.05) is 35.2 Å². The maximum absolute atomic E-state index is 12.6. The Bertz CT molecular complexity index is 743. The van der Waals surface area contributed by atoms with Crippen LogP contribution in [0.2, 0.25) is 0 Å². The number of carbonyl (C=O) groups excluding carboxylic acids is 1.